The molecule has 35 heavy (non-hydrogen) atoms. The van der Waals surface area contributed by atoms with E-state index in [1.807, 2.05) is 0 Å². The van der Waals surface area contributed by atoms with Gasteiger partial charge in [-0.3, -0.25) is 4.79 Å². The number of alkyl halides is 3. The van der Waals surface area contributed by atoms with Crippen LogP contribution in [0.5, 0.6) is 11.5 Å². The van der Waals surface area contributed by atoms with E-state index in [9.17, 15) is 32.3 Å². The average Bonchev–Trinajstić information content (AvgIpc) is 2.76. The topological polar surface area (TPSA) is 88.8 Å². The minimum atomic E-state index is -5.13. The number of hydrogen-bond donors (Lipinski definition) is 2. The molecule has 0 saturated heterocycles. The minimum absolute atomic E-state index is 0.0229. The van der Waals surface area contributed by atoms with Crippen molar-refractivity contribution in [2.75, 3.05) is 0 Å². The molecule has 6 nitrogen and oxygen atoms in total. The number of aliphatic hydroxyl groups is 1. The summed E-state index contributed by atoms with van der Waals surface area (Å²) in [6.07, 6.45) is -4.20. The molecular weight excluding hydrogens is 494 g/mol. The van der Waals surface area contributed by atoms with Crippen LogP contribution in [0.1, 0.15) is 39.9 Å². The van der Waals surface area contributed by atoms with Crippen molar-refractivity contribution in [1.29, 1.82) is 0 Å². The minimum Gasteiger partial charge on any atom is -0.478 e. The van der Waals surface area contributed by atoms with E-state index in [4.69, 9.17) is 21.4 Å². The Morgan fingerprint density at radius 1 is 1.11 bits per heavy atom. The highest BCUT2D eigenvalue weighted by molar-refractivity contribution is 6.31. The van der Waals surface area contributed by atoms with Gasteiger partial charge >= 0.3 is 12.1 Å². The van der Waals surface area contributed by atoms with Crippen molar-refractivity contribution in [1.82, 2.24) is 4.57 Å². The second-order valence-corrected chi connectivity index (χ2v) is 8.45. The molecule has 0 spiro atoms. The van der Waals surface area contributed by atoms with E-state index < -0.39 is 46.2 Å². The number of halogens is 5. The number of benzene rings is 2. The number of hydrogen-bond acceptors (Lipinski definition) is 4. The number of carboxylic acids is 1. The molecule has 3 aromatic rings. The second kappa shape index (κ2) is 9.35. The number of ether oxygens (including phenoxy) is 1. The number of nitrogens with zero attached hydrogens (tertiary/aromatic N) is 1. The van der Waals surface area contributed by atoms with Crippen LogP contribution in [0.3, 0.4) is 0 Å². The maximum atomic E-state index is 14.2. The highest BCUT2D eigenvalue weighted by Gasteiger charge is 2.59. The van der Waals surface area contributed by atoms with Crippen molar-refractivity contribution < 1.29 is 37.3 Å². The normalized spacial score (nSPS) is 14.3. The Kier molecular flexibility index (Phi) is 7.01. The summed E-state index contributed by atoms with van der Waals surface area (Å²) in [5.41, 5.74) is -5.08. The summed E-state index contributed by atoms with van der Waals surface area (Å²) in [6, 6.07) is 7.73. The van der Waals surface area contributed by atoms with Gasteiger partial charge in [0.15, 0.2) is 5.60 Å². The lowest BCUT2D eigenvalue weighted by molar-refractivity contribution is -0.274. The first-order valence-corrected chi connectivity index (χ1v) is 10.5. The summed E-state index contributed by atoms with van der Waals surface area (Å²) in [4.78, 5) is 23.1. The molecule has 0 fully saturated rings. The van der Waals surface area contributed by atoms with Crippen LogP contribution in [0.4, 0.5) is 17.6 Å². The molecule has 1 heterocycles. The van der Waals surface area contributed by atoms with Crippen LogP contribution >= 0.6 is 11.6 Å². The SMILES string of the molecule is Cc1cc(C(O)(C(C)c2ccc(Oc3ccc(F)c(C(=O)O)c3)cc2Cl)C(F)(F)F)cn(C)c1=O. The third-order valence-electron chi connectivity index (χ3n) is 5.70. The first-order chi connectivity index (χ1) is 16.2. The van der Waals surface area contributed by atoms with Crippen LogP contribution in [0, 0.1) is 12.7 Å². The van der Waals surface area contributed by atoms with E-state index in [1.54, 1.807) is 0 Å². The van der Waals surface area contributed by atoms with Crippen LogP contribution in [-0.4, -0.2) is 26.9 Å². The third-order valence-corrected chi connectivity index (χ3v) is 6.03. The molecule has 0 aliphatic rings. The number of aryl methyl sites for hydroxylation is 2. The first kappa shape index (κ1) is 26.2. The Balaban J connectivity index is 2.02. The molecule has 0 radical (unpaired) electrons. The molecule has 2 unspecified atom stereocenters. The number of carbonyl (C=O) groups is 1. The molecule has 11 heteroatoms. The van der Waals surface area contributed by atoms with E-state index >= 15 is 0 Å². The molecule has 186 valence electrons. The summed E-state index contributed by atoms with van der Waals surface area (Å²) in [6.45, 7) is 2.49. The van der Waals surface area contributed by atoms with Gasteiger partial charge in [-0.05, 0) is 48.9 Å². The summed E-state index contributed by atoms with van der Waals surface area (Å²) in [5.74, 6) is -4.07. The maximum Gasteiger partial charge on any atom is 0.422 e. The third kappa shape index (κ3) is 4.89. The van der Waals surface area contributed by atoms with Gasteiger partial charge in [0.2, 0.25) is 0 Å². The molecule has 2 aromatic carbocycles. The van der Waals surface area contributed by atoms with Crippen LogP contribution in [0.2, 0.25) is 5.02 Å². The van der Waals surface area contributed by atoms with E-state index in [2.05, 4.69) is 0 Å². The highest BCUT2D eigenvalue weighted by atomic mass is 35.5. The van der Waals surface area contributed by atoms with Crippen LogP contribution in [0.15, 0.2) is 53.5 Å². The lowest BCUT2D eigenvalue weighted by Gasteiger charge is -2.37. The van der Waals surface area contributed by atoms with Gasteiger partial charge in [0.1, 0.15) is 17.3 Å². The predicted molar refractivity (Wildman–Crippen MR) is 120 cm³/mol. The molecule has 2 N–H and O–H groups in total. The highest BCUT2D eigenvalue weighted by Crippen LogP contribution is 2.50. The Bertz CT molecular complexity index is 1330. The van der Waals surface area contributed by atoms with Crippen LogP contribution in [0.25, 0.3) is 0 Å². The number of carboxylic acid groups (broad SMARTS) is 1. The smallest absolute Gasteiger partial charge is 0.422 e. The molecule has 0 aliphatic heterocycles. The zero-order valence-electron chi connectivity index (χ0n) is 18.7. The van der Waals surface area contributed by atoms with Crippen molar-refractivity contribution >= 4 is 17.6 Å². The Labute approximate surface area is 202 Å². The van der Waals surface area contributed by atoms with Crippen molar-refractivity contribution in [2.45, 2.75) is 31.5 Å². The zero-order valence-corrected chi connectivity index (χ0v) is 19.4. The monoisotopic (exact) mass is 513 g/mol. The van der Waals surface area contributed by atoms with Gasteiger partial charge in [0.25, 0.3) is 5.56 Å². The molecule has 0 aliphatic carbocycles. The van der Waals surface area contributed by atoms with Crippen molar-refractivity contribution in [2.24, 2.45) is 7.05 Å². The van der Waals surface area contributed by atoms with Crippen LogP contribution in [-0.2, 0) is 12.6 Å². The van der Waals surface area contributed by atoms with Gasteiger partial charge in [0, 0.05) is 35.3 Å². The van der Waals surface area contributed by atoms with E-state index in [1.165, 1.54) is 38.2 Å². The summed E-state index contributed by atoms with van der Waals surface area (Å²) in [5, 5.41) is 19.9. The van der Waals surface area contributed by atoms with Crippen molar-refractivity contribution in [3.8, 4) is 11.5 Å². The Hall–Kier alpha value is -3.37. The first-order valence-electron chi connectivity index (χ1n) is 10.1. The number of rotatable bonds is 6. The molecule has 0 amide bonds. The Morgan fingerprint density at radius 2 is 1.71 bits per heavy atom. The largest absolute Gasteiger partial charge is 0.478 e. The molecule has 3 rings (SSSR count). The zero-order chi connectivity index (χ0) is 26.3. The van der Waals surface area contributed by atoms with Crippen LogP contribution < -0.4 is 10.3 Å². The summed E-state index contributed by atoms with van der Waals surface area (Å²) < 4.78 is 62.8. The molecular formula is C24H20ClF4NO5. The fourth-order valence-electron chi connectivity index (χ4n) is 3.76. The van der Waals surface area contributed by atoms with Gasteiger partial charge < -0.3 is 19.5 Å². The maximum absolute atomic E-state index is 14.2. The fraction of sp³-hybridized carbons (Fsp3) is 0.250. The standard InChI is InChI=1S/C24H20ClF4NO5/c1-12-8-14(11-30(3)21(12)31)23(34,24(27,28)29)13(2)17-6-4-16(10-19(17)25)35-15-5-7-20(26)18(9-15)22(32)33/h4-11,13,34H,1-3H3,(H,32,33). The fourth-order valence-corrected chi connectivity index (χ4v) is 4.09. The molecule has 2 atom stereocenters. The van der Waals surface area contributed by atoms with Gasteiger partial charge in [-0.25, -0.2) is 9.18 Å². The molecule has 0 bridgehead atoms. The number of pyridine rings is 1. The van der Waals surface area contributed by atoms with E-state index in [0.29, 0.717) is 0 Å². The van der Waals surface area contributed by atoms with E-state index in [0.717, 1.165) is 35.9 Å². The second-order valence-electron chi connectivity index (χ2n) is 8.05. The lowest BCUT2D eigenvalue weighted by Crippen LogP contribution is -2.47. The van der Waals surface area contributed by atoms with Crippen molar-refractivity contribution in [3.63, 3.8) is 0 Å². The van der Waals surface area contributed by atoms with Gasteiger partial charge in [-0.2, -0.15) is 13.2 Å². The quantitative estimate of drug-likeness (QED) is 0.423. The lowest BCUT2D eigenvalue weighted by atomic mass is 9.78. The van der Waals surface area contributed by atoms with E-state index in [-0.39, 0.29) is 27.6 Å². The summed E-state index contributed by atoms with van der Waals surface area (Å²) >= 11 is 6.26. The van der Waals surface area contributed by atoms with Crippen molar-refractivity contribution in [3.05, 3.63) is 92.1 Å². The van der Waals surface area contributed by atoms with Gasteiger partial charge in [-0.1, -0.05) is 24.6 Å². The van der Waals surface area contributed by atoms with Gasteiger partial charge in [0.05, 0.1) is 5.56 Å². The number of aromatic carboxylic acids is 1. The van der Waals surface area contributed by atoms with Gasteiger partial charge in [-0.15, -0.1) is 0 Å². The Morgan fingerprint density at radius 3 is 2.26 bits per heavy atom. The number of aromatic nitrogens is 1. The summed E-state index contributed by atoms with van der Waals surface area (Å²) in [7, 11) is 1.28. The predicted octanol–water partition coefficient (Wildman–Crippen LogP) is 5.53. The average molecular weight is 514 g/mol. The molecule has 0 saturated carbocycles. The molecule has 1 aromatic heterocycles.